The van der Waals surface area contributed by atoms with Gasteiger partial charge in [-0.05, 0) is 36.4 Å². The van der Waals surface area contributed by atoms with E-state index in [4.69, 9.17) is 21.1 Å². The van der Waals surface area contributed by atoms with Gasteiger partial charge in [-0.3, -0.25) is 9.59 Å². The van der Waals surface area contributed by atoms with E-state index in [-0.39, 0.29) is 33.2 Å². The number of anilines is 1. The Bertz CT molecular complexity index is 1120. The average molecular weight is 412 g/mol. The summed E-state index contributed by atoms with van der Waals surface area (Å²) >= 11 is 6.18. The topological polar surface area (TPSA) is 64.6 Å². The first kappa shape index (κ1) is 19.0. The fourth-order valence-electron chi connectivity index (χ4n) is 2.99. The number of benzene rings is 3. The number of hydrogen-bond donors (Lipinski definition) is 1. The number of fused-ring (bicyclic) bond motifs is 1. The van der Waals surface area contributed by atoms with Crippen LogP contribution in [0.1, 0.15) is 26.3 Å². The highest BCUT2D eigenvalue weighted by Gasteiger charge is 2.23. The molecule has 0 spiro atoms. The van der Waals surface area contributed by atoms with Gasteiger partial charge in [0.25, 0.3) is 5.91 Å². The molecule has 1 N–H and O–H groups in total. The lowest BCUT2D eigenvalue weighted by Crippen LogP contribution is -2.19. The Kier molecular flexibility index (Phi) is 5.18. The second kappa shape index (κ2) is 7.93. The molecular formula is C22H15ClFNO4. The van der Waals surface area contributed by atoms with Gasteiger partial charge < -0.3 is 14.8 Å². The third-order valence-corrected chi connectivity index (χ3v) is 4.71. The zero-order valence-corrected chi connectivity index (χ0v) is 15.8. The summed E-state index contributed by atoms with van der Waals surface area (Å²) in [6.45, 7) is 0.698. The lowest BCUT2D eigenvalue weighted by Gasteiger charge is -2.21. The van der Waals surface area contributed by atoms with Gasteiger partial charge in [-0.1, -0.05) is 29.8 Å². The maximum atomic E-state index is 13.5. The molecule has 0 saturated heterocycles. The van der Waals surface area contributed by atoms with Crippen LogP contribution in [0.3, 0.4) is 0 Å². The van der Waals surface area contributed by atoms with Gasteiger partial charge in [0.1, 0.15) is 19.0 Å². The number of nitrogens with one attached hydrogen (secondary N) is 1. The van der Waals surface area contributed by atoms with Gasteiger partial charge in [0.2, 0.25) is 0 Å². The third-order valence-electron chi connectivity index (χ3n) is 4.38. The van der Waals surface area contributed by atoms with Crippen molar-refractivity contribution in [3.63, 3.8) is 0 Å². The molecular weight excluding hydrogens is 397 g/mol. The van der Waals surface area contributed by atoms with Crippen LogP contribution in [0, 0.1) is 5.82 Å². The molecule has 3 aromatic rings. The number of ketones is 1. The minimum absolute atomic E-state index is 0.121. The predicted octanol–water partition coefficient (Wildman–Crippen LogP) is 4.73. The van der Waals surface area contributed by atoms with Crippen molar-refractivity contribution in [1.82, 2.24) is 0 Å². The molecule has 0 saturated carbocycles. The number of carbonyl (C=O) groups excluding carboxylic acids is 2. The lowest BCUT2D eigenvalue weighted by molar-refractivity contribution is 0.102. The van der Waals surface area contributed by atoms with Crippen LogP contribution in [0.25, 0.3) is 0 Å². The average Bonchev–Trinajstić information content (AvgIpc) is 2.73. The van der Waals surface area contributed by atoms with E-state index in [1.165, 1.54) is 30.3 Å². The quantitative estimate of drug-likeness (QED) is 0.630. The highest BCUT2D eigenvalue weighted by atomic mass is 35.5. The standard InChI is InChI=1S/C22H15ClFNO4/c23-17-7-2-1-6-15(17)21(26)16-11-19-20(29-9-8-28-19)12-18(16)25-22(27)13-4-3-5-14(24)10-13/h1-7,10-12H,8-9H2,(H,25,27). The van der Waals surface area contributed by atoms with E-state index in [0.29, 0.717) is 24.7 Å². The first-order chi connectivity index (χ1) is 14.0. The molecule has 1 aliphatic heterocycles. The number of amides is 1. The van der Waals surface area contributed by atoms with E-state index in [1.807, 2.05) is 0 Å². The Morgan fingerprint density at radius 3 is 2.34 bits per heavy atom. The van der Waals surface area contributed by atoms with Crippen molar-refractivity contribution < 1.29 is 23.5 Å². The second-order valence-electron chi connectivity index (χ2n) is 6.31. The Balaban J connectivity index is 1.76. The molecule has 1 aliphatic rings. The molecule has 0 fully saturated rings. The largest absolute Gasteiger partial charge is 0.486 e. The first-order valence-electron chi connectivity index (χ1n) is 8.83. The van der Waals surface area contributed by atoms with Crippen LogP contribution in [-0.2, 0) is 0 Å². The molecule has 0 atom stereocenters. The highest BCUT2D eigenvalue weighted by molar-refractivity contribution is 6.35. The maximum absolute atomic E-state index is 13.5. The van der Waals surface area contributed by atoms with Crippen molar-refractivity contribution >= 4 is 29.0 Å². The molecule has 4 rings (SSSR count). The maximum Gasteiger partial charge on any atom is 0.255 e. The second-order valence-corrected chi connectivity index (χ2v) is 6.72. The van der Waals surface area contributed by atoms with Crippen LogP contribution in [0.4, 0.5) is 10.1 Å². The normalized spacial score (nSPS) is 12.3. The van der Waals surface area contributed by atoms with Crippen molar-refractivity contribution in [2.45, 2.75) is 0 Å². The van der Waals surface area contributed by atoms with Crippen LogP contribution in [0.5, 0.6) is 11.5 Å². The molecule has 0 bridgehead atoms. The van der Waals surface area contributed by atoms with Crippen LogP contribution < -0.4 is 14.8 Å². The minimum atomic E-state index is -0.561. The fourth-order valence-corrected chi connectivity index (χ4v) is 3.22. The molecule has 0 aliphatic carbocycles. The van der Waals surface area contributed by atoms with Crippen molar-refractivity contribution in [2.24, 2.45) is 0 Å². The van der Waals surface area contributed by atoms with Gasteiger partial charge in [-0.15, -0.1) is 0 Å². The Morgan fingerprint density at radius 1 is 0.897 bits per heavy atom. The molecule has 1 amide bonds. The van der Waals surface area contributed by atoms with Gasteiger partial charge in [-0.25, -0.2) is 4.39 Å². The molecule has 0 unspecified atom stereocenters. The van der Waals surface area contributed by atoms with E-state index >= 15 is 0 Å². The smallest absolute Gasteiger partial charge is 0.255 e. The number of hydrogen-bond acceptors (Lipinski definition) is 4. The number of halogens is 2. The summed E-state index contributed by atoms with van der Waals surface area (Å²) in [7, 11) is 0. The SMILES string of the molecule is O=C(Nc1cc2c(cc1C(=O)c1ccccc1Cl)OCCO2)c1cccc(F)c1. The van der Waals surface area contributed by atoms with Crippen molar-refractivity contribution in [2.75, 3.05) is 18.5 Å². The summed E-state index contributed by atoms with van der Waals surface area (Å²) in [6, 6.07) is 14.9. The van der Waals surface area contributed by atoms with Crippen molar-refractivity contribution in [3.8, 4) is 11.5 Å². The third kappa shape index (κ3) is 3.93. The molecule has 1 heterocycles. The number of rotatable bonds is 4. The predicted molar refractivity (Wildman–Crippen MR) is 107 cm³/mol. The van der Waals surface area contributed by atoms with E-state index in [9.17, 15) is 14.0 Å². The highest BCUT2D eigenvalue weighted by Crippen LogP contribution is 2.37. The van der Waals surface area contributed by atoms with Crippen molar-refractivity contribution in [3.05, 3.63) is 88.2 Å². The van der Waals surface area contributed by atoms with E-state index < -0.39 is 11.7 Å². The zero-order chi connectivity index (χ0) is 20.4. The molecule has 29 heavy (non-hydrogen) atoms. The Hall–Kier alpha value is -3.38. The summed E-state index contributed by atoms with van der Waals surface area (Å²) < 4.78 is 24.6. The van der Waals surface area contributed by atoms with Gasteiger partial charge in [-0.2, -0.15) is 0 Å². The summed E-state index contributed by atoms with van der Waals surface area (Å²) in [6.07, 6.45) is 0. The lowest BCUT2D eigenvalue weighted by atomic mass is 10.00. The number of carbonyl (C=O) groups is 2. The fraction of sp³-hybridized carbons (Fsp3) is 0.0909. The van der Waals surface area contributed by atoms with Crippen molar-refractivity contribution in [1.29, 1.82) is 0 Å². The summed E-state index contributed by atoms with van der Waals surface area (Å²) in [5, 5.41) is 2.96. The summed E-state index contributed by atoms with van der Waals surface area (Å²) in [4.78, 5) is 25.8. The van der Waals surface area contributed by atoms with E-state index in [0.717, 1.165) is 6.07 Å². The van der Waals surface area contributed by atoms with Gasteiger partial charge in [0.15, 0.2) is 17.3 Å². The Morgan fingerprint density at radius 2 is 1.62 bits per heavy atom. The minimum Gasteiger partial charge on any atom is -0.486 e. The van der Waals surface area contributed by atoms with Crippen LogP contribution in [0.15, 0.2) is 60.7 Å². The van der Waals surface area contributed by atoms with Crippen LogP contribution in [0.2, 0.25) is 5.02 Å². The zero-order valence-electron chi connectivity index (χ0n) is 15.1. The molecule has 5 nitrogen and oxygen atoms in total. The monoisotopic (exact) mass is 411 g/mol. The van der Waals surface area contributed by atoms with E-state index in [2.05, 4.69) is 5.32 Å². The van der Waals surface area contributed by atoms with Gasteiger partial charge >= 0.3 is 0 Å². The van der Waals surface area contributed by atoms with Gasteiger partial charge in [0, 0.05) is 17.2 Å². The first-order valence-corrected chi connectivity index (χ1v) is 9.20. The molecule has 0 aromatic heterocycles. The van der Waals surface area contributed by atoms with Gasteiger partial charge in [0.05, 0.1) is 16.3 Å². The number of ether oxygens (including phenoxy) is 2. The molecule has 3 aromatic carbocycles. The summed E-state index contributed by atoms with van der Waals surface area (Å²) in [5.74, 6) is -0.680. The molecule has 0 radical (unpaired) electrons. The molecule has 7 heteroatoms. The van der Waals surface area contributed by atoms with Crippen LogP contribution >= 0.6 is 11.6 Å². The summed E-state index contributed by atoms with van der Waals surface area (Å²) in [5.41, 5.74) is 0.809. The van der Waals surface area contributed by atoms with E-state index in [1.54, 1.807) is 24.3 Å². The Labute approximate surface area is 171 Å². The molecule has 146 valence electrons. The van der Waals surface area contributed by atoms with Crippen LogP contribution in [-0.4, -0.2) is 24.9 Å².